The molecule has 23 heavy (non-hydrogen) atoms. The quantitative estimate of drug-likeness (QED) is 0.774. The van der Waals surface area contributed by atoms with E-state index < -0.39 is 5.97 Å². The second kappa shape index (κ2) is 6.54. The van der Waals surface area contributed by atoms with E-state index in [0.717, 1.165) is 22.5 Å². The van der Waals surface area contributed by atoms with E-state index in [0.29, 0.717) is 10.7 Å². The average Bonchev–Trinajstić information content (AvgIpc) is 3.00. The number of carboxylic acids is 1. The van der Waals surface area contributed by atoms with E-state index in [2.05, 4.69) is 9.97 Å². The molecule has 5 heteroatoms. The van der Waals surface area contributed by atoms with Gasteiger partial charge in [0.25, 0.3) is 0 Å². The van der Waals surface area contributed by atoms with Gasteiger partial charge in [0, 0.05) is 18.0 Å². The van der Waals surface area contributed by atoms with Crippen LogP contribution in [0.3, 0.4) is 0 Å². The van der Waals surface area contributed by atoms with Crippen molar-refractivity contribution in [3.63, 3.8) is 0 Å². The maximum absolute atomic E-state index is 11.4. The summed E-state index contributed by atoms with van der Waals surface area (Å²) in [5.41, 5.74) is 3.46. The van der Waals surface area contributed by atoms with Crippen LogP contribution in [0, 0.1) is 6.92 Å². The number of aromatic carboxylic acids is 1. The molecule has 0 radical (unpaired) electrons. The minimum atomic E-state index is -0.971. The van der Waals surface area contributed by atoms with Crippen molar-refractivity contribution in [3.8, 4) is 10.6 Å². The Labute approximate surface area is 137 Å². The van der Waals surface area contributed by atoms with E-state index in [1.165, 1.54) is 5.56 Å². The van der Waals surface area contributed by atoms with Gasteiger partial charge in [-0.3, -0.25) is 4.98 Å². The summed E-state index contributed by atoms with van der Waals surface area (Å²) in [5, 5.41) is 10.0. The number of hydrogen-bond donors (Lipinski definition) is 1. The van der Waals surface area contributed by atoms with Crippen LogP contribution < -0.4 is 0 Å². The number of aryl methyl sites for hydroxylation is 1. The number of thiazole rings is 1. The second-order valence-corrected chi connectivity index (χ2v) is 6.02. The highest BCUT2D eigenvalue weighted by atomic mass is 32.1. The van der Waals surface area contributed by atoms with Gasteiger partial charge in [-0.25, -0.2) is 9.78 Å². The third kappa shape index (κ3) is 3.52. The highest BCUT2D eigenvalue weighted by molar-refractivity contribution is 7.17. The highest BCUT2D eigenvalue weighted by Crippen LogP contribution is 2.28. The molecule has 2 aromatic heterocycles. The van der Waals surface area contributed by atoms with Crippen molar-refractivity contribution in [2.75, 3.05) is 0 Å². The van der Waals surface area contributed by atoms with Crippen LogP contribution in [0.2, 0.25) is 0 Å². The molecule has 1 N–H and O–H groups in total. The van der Waals surface area contributed by atoms with Crippen molar-refractivity contribution < 1.29 is 9.90 Å². The summed E-state index contributed by atoms with van der Waals surface area (Å²) in [6, 6.07) is 11.7. The normalized spacial score (nSPS) is 11.0. The first-order valence-corrected chi connectivity index (χ1v) is 7.84. The lowest BCUT2D eigenvalue weighted by Crippen LogP contribution is -1.94. The van der Waals surface area contributed by atoms with Gasteiger partial charge in [0.15, 0.2) is 0 Å². The van der Waals surface area contributed by atoms with Gasteiger partial charge in [-0.15, -0.1) is 11.3 Å². The standard InChI is InChI=1S/C18H14N2O2S/c1-12-4-6-13(7-5-12)8-9-15-16(18(21)22)23-17(20-15)14-3-2-10-19-11-14/h2-11H,1H3,(H,21,22)/b9-8+. The molecule has 0 spiro atoms. The summed E-state index contributed by atoms with van der Waals surface area (Å²) in [6.07, 6.45) is 6.96. The third-order valence-corrected chi connectivity index (χ3v) is 4.38. The first-order valence-electron chi connectivity index (χ1n) is 7.03. The Bertz CT molecular complexity index is 852. The number of hydrogen-bond acceptors (Lipinski definition) is 4. The first kappa shape index (κ1) is 15.1. The van der Waals surface area contributed by atoms with Gasteiger partial charge in [-0.2, -0.15) is 0 Å². The van der Waals surface area contributed by atoms with E-state index in [9.17, 15) is 9.90 Å². The lowest BCUT2D eigenvalue weighted by molar-refractivity contribution is 0.0701. The molecule has 4 nitrogen and oxygen atoms in total. The van der Waals surface area contributed by atoms with Gasteiger partial charge in [0.05, 0.1) is 5.69 Å². The van der Waals surface area contributed by atoms with Gasteiger partial charge < -0.3 is 5.11 Å². The van der Waals surface area contributed by atoms with Crippen LogP contribution in [0.5, 0.6) is 0 Å². The van der Waals surface area contributed by atoms with Crippen LogP contribution >= 0.6 is 11.3 Å². The fraction of sp³-hybridized carbons (Fsp3) is 0.0556. The average molecular weight is 322 g/mol. The van der Waals surface area contributed by atoms with Crippen LogP contribution in [0.15, 0.2) is 48.8 Å². The lowest BCUT2D eigenvalue weighted by Gasteiger charge is -1.95. The van der Waals surface area contributed by atoms with E-state index >= 15 is 0 Å². The topological polar surface area (TPSA) is 63.1 Å². The zero-order valence-electron chi connectivity index (χ0n) is 12.4. The number of nitrogens with zero attached hydrogens (tertiary/aromatic N) is 2. The predicted molar refractivity (Wildman–Crippen MR) is 92.4 cm³/mol. The molecule has 1 aromatic carbocycles. The summed E-state index contributed by atoms with van der Waals surface area (Å²) < 4.78 is 0. The van der Waals surface area contributed by atoms with Crippen LogP contribution in [0.4, 0.5) is 0 Å². The van der Waals surface area contributed by atoms with E-state index in [-0.39, 0.29) is 4.88 Å². The Kier molecular flexibility index (Phi) is 4.30. The monoisotopic (exact) mass is 322 g/mol. The maximum Gasteiger partial charge on any atom is 0.348 e. The fourth-order valence-electron chi connectivity index (χ4n) is 2.06. The zero-order valence-corrected chi connectivity index (χ0v) is 13.2. The molecule has 0 fully saturated rings. The van der Waals surface area contributed by atoms with Crippen molar-refractivity contribution in [1.29, 1.82) is 0 Å². The van der Waals surface area contributed by atoms with Crippen molar-refractivity contribution in [3.05, 3.63) is 70.5 Å². The minimum Gasteiger partial charge on any atom is -0.477 e. The Morgan fingerprint density at radius 1 is 1.17 bits per heavy atom. The number of carbonyl (C=O) groups is 1. The molecule has 0 saturated carbocycles. The van der Waals surface area contributed by atoms with Crippen LogP contribution in [-0.2, 0) is 0 Å². The number of pyridine rings is 1. The molecule has 0 atom stereocenters. The van der Waals surface area contributed by atoms with Crippen molar-refractivity contribution >= 4 is 29.5 Å². The van der Waals surface area contributed by atoms with Gasteiger partial charge in [0.2, 0.25) is 0 Å². The Morgan fingerprint density at radius 2 is 1.96 bits per heavy atom. The molecular weight excluding hydrogens is 308 g/mol. The molecule has 0 unspecified atom stereocenters. The molecule has 0 aliphatic heterocycles. The van der Waals surface area contributed by atoms with Gasteiger partial charge in [-0.1, -0.05) is 35.9 Å². The third-order valence-electron chi connectivity index (χ3n) is 3.27. The molecule has 2 heterocycles. The SMILES string of the molecule is Cc1ccc(/C=C/c2nc(-c3cccnc3)sc2C(=O)O)cc1. The zero-order chi connectivity index (χ0) is 16.2. The predicted octanol–water partition coefficient (Wildman–Crippen LogP) is 4.38. The van der Waals surface area contributed by atoms with Gasteiger partial charge in [-0.05, 0) is 30.7 Å². The molecule has 3 rings (SSSR count). The highest BCUT2D eigenvalue weighted by Gasteiger charge is 2.16. The van der Waals surface area contributed by atoms with E-state index in [1.54, 1.807) is 24.5 Å². The van der Waals surface area contributed by atoms with E-state index in [4.69, 9.17) is 0 Å². The molecule has 0 saturated heterocycles. The molecule has 0 bridgehead atoms. The molecule has 0 aliphatic carbocycles. The van der Waals surface area contributed by atoms with E-state index in [1.807, 2.05) is 43.3 Å². The number of aromatic nitrogens is 2. The summed E-state index contributed by atoms with van der Waals surface area (Å²) >= 11 is 1.16. The van der Waals surface area contributed by atoms with Crippen LogP contribution in [-0.4, -0.2) is 21.0 Å². The minimum absolute atomic E-state index is 0.229. The summed E-state index contributed by atoms with van der Waals surface area (Å²) in [6.45, 7) is 2.02. The number of benzene rings is 1. The Hall–Kier alpha value is -2.79. The molecular formula is C18H14N2O2S. The largest absolute Gasteiger partial charge is 0.477 e. The molecule has 0 amide bonds. The van der Waals surface area contributed by atoms with Crippen molar-refractivity contribution in [2.45, 2.75) is 6.92 Å². The number of rotatable bonds is 4. The summed E-state index contributed by atoms with van der Waals surface area (Å²) in [5.74, 6) is -0.971. The second-order valence-electron chi connectivity index (χ2n) is 5.02. The first-order chi connectivity index (χ1) is 11.1. The van der Waals surface area contributed by atoms with Gasteiger partial charge in [0.1, 0.15) is 9.88 Å². The summed E-state index contributed by atoms with van der Waals surface area (Å²) in [7, 11) is 0. The van der Waals surface area contributed by atoms with Gasteiger partial charge >= 0.3 is 5.97 Å². The summed E-state index contributed by atoms with van der Waals surface area (Å²) in [4.78, 5) is 20.2. The van der Waals surface area contributed by atoms with Crippen molar-refractivity contribution in [1.82, 2.24) is 9.97 Å². The van der Waals surface area contributed by atoms with Crippen LogP contribution in [0.25, 0.3) is 22.7 Å². The fourth-order valence-corrected chi connectivity index (χ4v) is 2.95. The smallest absolute Gasteiger partial charge is 0.348 e. The molecule has 0 aliphatic rings. The van der Waals surface area contributed by atoms with Crippen LogP contribution in [0.1, 0.15) is 26.5 Å². The lowest BCUT2D eigenvalue weighted by atomic mass is 10.1. The Morgan fingerprint density at radius 3 is 2.61 bits per heavy atom. The number of carboxylic acid groups (broad SMARTS) is 1. The molecule has 114 valence electrons. The molecule has 3 aromatic rings. The van der Waals surface area contributed by atoms with Crippen molar-refractivity contribution in [2.24, 2.45) is 0 Å². The maximum atomic E-state index is 11.4. The Balaban J connectivity index is 1.96.